The number of carbonyl (C=O) groups is 1. The van der Waals surface area contributed by atoms with Gasteiger partial charge < -0.3 is 14.8 Å². The lowest BCUT2D eigenvalue weighted by Crippen LogP contribution is -2.40. The van der Waals surface area contributed by atoms with Crippen molar-refractivity contribution >= 4 is 60.9 Å². The minimum Gasteiger partial charge on any atom is -0.494 e. The lowest BCUT2D eigenvalue weighted by atomic mass is 9.95. The Kier molecular flexibility index (Phi) is 9.67. The molecule has 0 aliphatic carbocycles. The molecule has 1 amide bonds. The Bertz CT molecular complexity index is 2110. The maximum Gasteiger partial charge on any atom is 0.271 e. The van der Waals surface area contributed by atoms with Crippen LogP contribution in [0.3, 0.4) is 0 Å². The first kappa shape index (κ1) is 31.7. The Morgan fingerprint density at radius 1 is 0.978 bits per heavy atom. The Hall–Kier alpha value is -4.25. The lowest BCUT2D eigenvalue weighted by Gasteiger charge is -2.25. The second-order valence-corrected chi connectivity index (χ2v) is 13.3. The van der Waals surface area contributed by atoms with Gasteiger partial charge in [-0.2, -0.15) is 0 Å². The average Bonchev–Trinajstić information content (AvgIpc) is 3.35. The number of nitrogens with zero attached hydrogens (tertiary/aromatic N) is 2. The van der Waals surface area contributed by atoms with Gasteiger partial charge in [-0.25, -0.2) is 4.99 Å². The number of anilines is 1. The van der Waals surface area contributed by atoms with Crippen LogP contribution in [0.15, 0.2) is 127 Å². The third-order valence-electron chi connectivity index (χ3n) is 7.35. The summed E-state index contributed by atoms with van der Waals surface area (Å²) in [7, 11) is 0. The van der Waals surface area contributed by atoms with E-state index in [2.05, 4.69) is 37.2 Å². The van der Waals surface area contributed by atoms with E-state index in [0.717, 1.165) is 25.6 Å². The second-order valence-electron chi connectivity index (χ2n) is 10.5. The maximum absolute atomic E-state index is 14.3. The summed E-state index contributed by atoms with van der Waals surface area (Å²) in [6, 6.07) is 29.7. The number of rotatable bonds is 9. The molecule has 1 aromatic heterocycles. The van der Waals surface area contributed by atoms with Crippen LogP contribution in [-0.4, -0.2) is 17.1 Å². The highest BCUT2D eigenvalue weighted by molar-refractivity contribution is 9.11. The number of hydrogen-bond donors (Lipinski definition) is 1. The Balaban J connectivity index is 1.46. The van der Waals surface area contributed by atoms with Crippen LogP contribution in [0, 0.1) is 0 Å². The zero-order valence-corrected chi connectivity index (χ0v) is 29.0. The number of thiazole rings is 1. The minimum atomic E-state index is -0.708. The highest BCUT2D eigenvalue weighted by atomic mass is 79.9. The van der Waals surface area contributed by atoms with E-state index in [1.165, 1.54) is 11.3 Å². The smallest absolute Gasteiger partial charge is 0.271 e. The molecule has 0 bridgehead atoms. The van der Waals surface area contributed by atoms with E-state index >= 15 is 0 Å². The molecule has 232 valence electrons. The van der Waals surface area contributed by atoms with E-state index < -0.39 is 6.04 Å². The number of amides is 1. The monoisotopic (exact) mass is 757 g/mol. The second kappa shape index (κ2) is 14.0. The number of ether oxygens (including phenoxy) is 2. The summed E-state index contributed by atoms with van der Waals surface area (Å²) in [5, 5.41) is 2.99. The highest BCUT2D eigenvalue weighted by Gasteiger charge is 2.32. The summed E-state index contributed by atoms with van der Waals surface area (Å²) >= 11 is 8.50. The number of benzene rings is 4. The van der Waals surface area contributed by atoms with Crippen molar-refractivity contribution < 1.29 is 14.3 Å². The van der Waals surface area contributed by atoms with Crippen LogP contribution >= 0.6 is 43.2 Å². The summed E-state index contributed by atoms with van der Waals surface area (Å²) in [6.07, 6.45) is 1.82. The van der Waals surface area contributed by atoms with E-state index in [-0.39, 0.29) is 11.5 Å². The van der Waals surface area contributed by atoms with Crippen molar-refractivity contribution in [2.75, 3.05) is 11.9 Å². The molecular weight excluding hydrogens is 730 g/mol. The highest BCUT2D eigenvalue weighted by Crippen LogP contribution is 2.35. The molecule has 0 radical (unpaired) electrons. The van der Waals surface area contributed by atoms with Crippen LogP contribution < -0.4 is 29.7 Å². The van der Waals surface area contributed by atoms with E-state index in [4.69, 9.17) is 14.5 Å². The molecule has 1 aliphatic heterocycles. The number of fused-ring (bicyclic) bond motifs is 1. The molecule has 0 spiro atoms. The van der Waals surface area contributed by atoms with Crippen molar-refractivity contribution in [3.63, 3.8) is 0 Å². The standard InChI is InChI=1S/C36H29Br2N3O4S/c1-3-44-28-16-14-24(15-17-28)32-31(34(42)40-27-12-8-5-9-13-27)22(2)39-36-41(32)35(43)30(46-36)19-25-18-26(37)20-29(38)33(25)45-21-23-10-6-4-7-11-23/h4-20,32H,3,21H2,1-2H3,(H,40,42)/b30-19-/t32-/m0/s1. The van der Waals surface area contributed by atoms with Gasteiger partial charge in [-0.3, -0.25) is 14.2 Å². The molecule has 1 N–H and O–H groups in total. The van der Waals surface area contributed by atoms with Gasteiger partial charge in [0.1, 0.15) is 18.1 Å². The summed E-state index contributed by atoms with van der Waals surface area (Å²) in [4.78, 5) is 33.4. The summed E-state index contributed by atoms with van der Waals surface area (Å²) in [5.74, 6) is 0.992. The molecule has 2 heterocycles. The number of carbonyl (C=O) groups excluding carboxylic acids is 1. The molecule has 1 aliphatic rings. The molecule has 46 heavy (non-hydrogen) atoms. The number of halogens is 2. The summed E-state index contributed by atoms with van der Waals surface area (Å²) < 4.78 is 15.6. The third-order valence-corrected chi connectivity index (χ3v) is 9.38. The topological polar surface area (TPSA) is 81.9 Å². The first-order valence-corrected chi connectivity index (χ1v) is 17.0. The molecule has 10 heteroatoms. The van der Waals surface area contributed by atoms with Gasteiger partial charge in [0.2, 0.25) is 0 Å². The number of hydrogen-bond acceptors (Lipinski definition) is 6. The largest absolute Gasteiger partial charge is 0.494 e. The third kappa shape index (κ3) is 6.79. The first-order chi connectivity index (χ1) is 22.3. The lowest BCUT2D eigenvalue weighted by molar-refractivity contribution is -0.113. The average molecular weight is 760 g/mol. The van der Waals surface area contributed by atoms with Gasteiger partial charge in [-0.1, -0.05) is 87.9 Å². The predicted molar refractivity (Wildman–Crippen MR) is 189 cm³/mol. The number of allylic oxidation sites excluding steroid dienone is 1. The zero-order valence-electron chi connectivity index (χ0n) is 25.0. The van der Waals surface area contributed by atoms with Crippen LogP contribution in [0.2, 0.25) is 0 Å². The maximum atomic E-state index is 14.3. The number of nitrogens with one attached hydrogen (secondary N) is 1. The van der Waals surface area contributed by atoms with Gasteiger partial charge in [0.15, 0.2) is 4.80 Å². The summed E-state index contributed by atoms with van der Waals surface area (Å²) in [6.45, 7) is 4.62. The first-order valence-electron chi connectivity index (χ1n) is 14.6. The van der Waals surface area contributed by atoms with Gasteiger partial charge >= 0.3 is 0 Å². The Morgan fingerprint density at radius 2 is 1.67 bits per heavy atom. The van der Waals surface area contributed by atoms with Gasteiger partial charge in [0, 0.05) is 15.7 Å². The number of aromatic nitrogens is 1. The number of para-hydroxylation sites is 1. The molecule has 0 saturated heterocycles. The zero-order chi connectivity index (χ0) is 32.2. The summed E-state index contributed by atoms with van der Waals surface area (Å²) in [5.41, 5.74) is 3.83. The molecule has 0 saturated carbocycles. The fourth-order valence-corrected chi connectivity index (χ4v) is 7.68. The normalized spacial score (nSPS) is 14.4. The van der Waals surface area contributed by atoms with E-state index in [9.17, 15) is 9.59 Å². The van der Waals surface area contributed by atoms with E-state index in [1.807, 2.05) is 110 Å². The predicted octanol–water partition coefficient (Wildman–Crippen LogP) is 7.38. The van der Waals surface area contributed by atoms with Crippen molar-refractivity contribution in [2.24, 2.45) is 4.99 Å². The van der Waals surface area contributed by atoms with Crippen molar-refractivity contribution in [1.82, 2.24) is 4.57 Å². The quantitative estimate of drug-likeness (QED) is 0.170. The van der Waals surface area contributed by atoms with Gasteiger partial charge in [-0.15, -0.1) is 0 Å². The van der Waals surface area contributed by atoms with E-state index in [1.54, 1.807) is 11.5 Å². The fraction of sp³-hybridized carbons (Fsp3) is 0.139. The fourth-order valence-electron chi connectivity index (χ4n) is 5.27. The van der Waals surface area contributed by atoms with Crippen molar-refractivity contribution in [3.8, 4) is 11.5 Å². The van der Waals surface area contributed by atoms with Gasteiger partial charge in [-0.05, 0) is 83.4 Å². The van der Waals surface area contributed by atoms with E-state index in [0.29, 0.717) is 51.0 Å². The van der Waals surface area contributed by atoms with Crippen LogP contribution in [0.4, 0.5) is 5.69 Å². The molecule has 5 aromatic rings. The van der Waals surface area contributed by atoms with Gasteiger partial charge in [0.05, 0.1) is 32.9 Å². The van der Waals surface area contributed by atoms with Crippen LogP contribution in [0.25, 0.3) is 6.08 Å². The molecular formula is C36H29Br2N3O4S. The van der Waals surface area contributed by atoms with Crippen molar-refractivity contribution in [1.29, 1.82) is 0 Å². The van der Waals surface area contributed by atoms with Crippen LogP contribution in [0.5, 0.6) is 11.5 Å². The SMILES string of the molecule is CCOc1ccc([C@H]2C(C(=O)Nc3ccccc3)=C(C)N=c3s/c(=C\c4cc(Br)cc(Br)c4OCc4ccccc4)c(=O)n32)cc1. The van der Waals surface area contributed by atoms with Crippen LogP contribution in [-0.2, 0) is 11.4 Å². The molecule has 0 unspecified atom stereocenters. The Labute approximate surface area is 286 Å². The minimum absolute atomic E-state index is 0.259. The Morgan fingerprint density at radius 3 is 2.37 bits per heavy atom. The van der Waals surface area contributed by atoms with Crippen molar-refractivity contribution in [2.45, 2.75) is 26.5 Å². The molecule has 7 nitrogen and oxygen atoms in total. The molecule has 0 fully saturated rings. The molecule has 1 atom stereocenters. The van der Waals surface area contributed by atoms with Crippen LogP contribution in [0.1, 0.15) is 36.6 Å². The molecule has 6 rings (SSSR count). The van der Waals surface area contributed by atoms with Crippen molar-refractivity contribution in [3.05, 3.63) is 154 Å². The van der Waals surface area contributed by atoms with Gasteiger partial charge in [0.25, 0.3) is 11.5 Å². The molecule has 4 aromatic carbocycles.